The monoisotopic (exact) mass is 409 g/mol. The highest BCUT2D eigenvalue weighted by Gasteiger charge is 2.26. The van der Waals surface area contributed by atoms with Crippen molar-refractivity contribution in [1.29, 1.82) is 0 Å². The summed E-state index contributed by atoms with van der Waals surface area (Å²) in [6.07, 6.45) is 2.50. The van der Waals surface area contributed by atoms with Gasteiger partial charge in [-0.15, -0.1) is 12.4 Å². The van der Waals surface area contributed by atoms with Gasteiger partial charge in [0.25, 0.3) is 0 Å². The molecule has 3 N–H and O–H groups in total. The Labute approximate surface area is 164 Å². The minimum Gasteiger partial charge on any atom is -0.480 e. The number of methoxy groups -OCH3 is 2. The molecule has 0 spiro atoms. The Kier molecular flexibility index (Phi) is 14.4. The summed E-state index contributed by atoms with van der Waals surface area (Å²) < 4.78 is 20.6. The third-order valence-corrected chi connectivity index (χ3v) is 3.45. The van der Waals surface area contributed by atoms with Crippen molar-refractivity contribution < 1.29 is 33.6 Å². The Morgan fingerprint density at radius 3 is 2.48 bits per heavy atom. The Morgan fingerprint density at radius 2 is 1.89 bits per heavy atom. The summed E-state index contributed by atoms with van der Waals surface area (Å²) in [5.74, 6) is -1.65. The molecule has 27 heavy (non-hydrogen) atoms. The number of hydrogen-bond acceptors (Lipinski definition) is 7. The van der Waals surface area contributed by atoms with Crippen LogP contribution in [0, 0.1) is 0 Å². The number of aromatic nitrogens is 2. The summed E-state index contributed by atoms with van der Waals surface area (Å²) in [5, 5.41) is 11.8. The highest BCUT2D eigenvalue weighted by molar-refractivity contribution is 5.86. The average molecular weight is 410 g/mol. The van der Waals surface area contributed by atoms with Gasteiger partial charge in [0, 0.05) is 45.6 Å². The molecule has 0 aliphatic rings. The van der Waals surface area contributed by atoms with Crippen molar-refractivity contribution in [1.82, 2.24) is 15.3 Å². The van der Waals surface area contributed by atoms with Crippen LogP contribution < -0.4 is 5.32 Å². The topological polar surface area (TPSA) is 132 Å². The van der Waals surface area contributed by atoms with Crippen molar-refractivity contribution in [2.75, 3.05) is 47.3 Å². The van der Waals surface area contributed by atoms with Gasteiger partial charge < -0.3 is 34.4 Å². The molecule has 156 valence electrons. The van der Waals surface area contributed by atoms with Gasteiger partial charge in [-0.3, -0.25) is 4.79 Å². The smallest absolute Gasteiger partial charge is 0.326 e. The molecule has 0 radical (unpaired) electrons. The van der Waals surface area contributed by atoms with Crippen LogP contribution in [0.5, 0.6) is 0 Å². The van der Waals surface area contributed by atoms with Gasteiger partial charge in [0.15, 0.2) is 0 Å². The first-order chi connectivity index (χ1) is 12.6. The predicted molar refractivity (Wildman–Crippen MR) is 98.0 cm³/mol. The molecule has 0 saturated heterocycles. The van der Waals surface area contributed by atoms with Gasteiger partial charge in [0.2, 0.25) is 5.91 Å². The molecule has 0 aliphatic heterocycles. The zero-order valence-corrected chi connectivity index (χ0v) is 16.3. The number of carbonyl (C=O) groups excluding carboxylic acids is 1. The standard InChI is InChI=1S/C16H27N3O7.ClH/c1-23-5-7-25-4-3-14(26-8-6-24-2)15(20)19-13(16(21)22)9-12-10-17-11-18-12;/h10-11,13-14H,3-9H2,1-2H3,(H,17,18)(H,19,20)(H,21,22);1H. The first kappa shape index (κ1) is 25.3. The molecule has 2 unspecified atom stereocenters. The first-order valence-corrected chi connectivity index (χ1v) is 8.26. The summed E-state index contributed by atoms with van der Waals surface area (Å²) >= 11 is 0. The second-order valence-electron chi connectivity index (χ2n) is 5.43. The van der Waals surface area contributed by atoms with Crippen LogP contribution in [0.4, 0.5) is 0 Å². The number of aliphatic carboxylic acids is 1. The summed E-state index contributed by atoms with van der Waals surface area (Å²) in [4.78, 5) is 30.5. The van der Waals surface area contributed by atoms with Crippen LogP contribution in [0.3, 0.4) is 0 Å². The molecule has 10 nitrogen and oxygen atoms in total. The maximum absolute atomic E-state index is 12.5. The number of ether oxygens (including phenoxy) is 4. The van der Waals surface area contributed by atoms with E-state index in [2.05, 4.69) is 15.3 Å². The maximum Gasteiger partial charge on any atom is 0.326 e. The molecule has 0 fully saturated rings. The largest absolute Gasteiger partial charge is 0.480 e. The minimum atomic E-state index is -1.14. The summed E-state index contributed by atoms with van der Waals surface area (Å²) in [6.45, 7) is 1.68. The van der Waals surface area contributed by atoms with E-state index in [1.54, 1.807) is 7.11 Å². The molecule has 0 aromatic carbocycles. The van der Waals surface area contributed by atoms with Crippen LogP contribution in [0.1, 0.15) is 12.1 Å². The van der Waals surface area contributed by atoms with E-state index in [4.69, 9.17) is 18.9 Å². The van der Waals surface area contributed by atoms with Crippen LogP contribution in [-0.4, -0.2) is 86.4 Å². The second kappa shape index (κ2) is 15.3. The van der Waals surface area contributed by atoms with Crippen molar-refractivity contribution in [2.24, 2.45) is 0 Å². The molecule has 11 heteroatoms. The molecule has 1 aromatic rings. The number of imidazole rings is 1. The molecule has 1 amide bonds. The van der Waals surface area contributed by atoms with E-state index in [1.165, 1.54) is 19.6 Å². The zero-order chi connectivity index (χ0) is 19.2. The van der Waals surface area contributed by atoms with Crippen molar-refractivity contribution >= 4 is 24.3 Å². The minimum absolute atomic E-state index is 0. The van der Waals surface area contributed by atoms with Gasteiger partial charge in [-0.2, -0.15) is 0 Å². The molecule has 0 aliphatic carbocycles. The summed E-state index contributed by atoms with van der Waals surface area (Å²) in [7, 11) is 3.09. The zero-order valence-electron chi connectivity index (χ0n) is 15.5. The summed E-state index contributed by atoms with van der Waals surface area (Å²) in [5.41, 5.74) is 0.609. The number of carbonyl (C=O) groups is 2. The number of amides is 1. The van der Waals surface area contributed by atoms with Crippen LogP contribution in [0.15, 0.2) is 12.5 Å². The van der Waals surface area contributed by atoms with Crippen LogP contribution in [-0.2, 0) is 35.0 Å². The van der Waals surface area contributed by atoms with Gasteiger partial charge in [-0.1, -0.05) is 0 Å². The van der Waals surface area contributed by atoms with Crippen molar-refractivity contribution in [3.63, 3.8) is 0 Å². The van der Waals surface area contributed by atoms with Crippen molar-refractivity contribution in [3.05, 3.63) is 18.2 Å². The van der Waals surface area contributed by atoms with Gasteiger partial charge in [0.05, 0.1) is 32.8 Å². The number of carboxylic acids is 1. The van der Waals surface area contributed by atoms with Crippen molar-refractivity contribution in [2.45, 2.75) is 25.0 Å². The number of halogens is 1. The van der Waals surface area contributed by atoms with Crippen LogP contribution in [0.25, 0.3) is 0 Å². The second-order valence-corrected chi connectivity index (χ2v) is 5.43. The highest BCUT2D eigenvalue weighted by atomic mass is 35.5. The molecule has 0 saturated carbocycles. The molecule has 1 aromatic heterocycles. The normalized spacial score (nSPS) is 12.8. The number of carboxylic acid groups (broad SMARTS) is 1. The molecular formula is C16H28ClN3O7. The van der Waals surface area contributed by atoms with Crippen LogP contribution in [0.2, 0.25) is 0 Å². The molecule has 2 atom stereocenters. The third-order valence-electron chi connectivity index (χ3n) is 3.45. The molecule has 1 rings (SSSR count). The third kappa shape index (κ3) is 10.9. The van der Waals surface area contributed by atoms with E-state index in [0.29, 0.717) is 25.5 Å². The van der Waals surface area contributed by atoms with Crippen LogP contribution >= 0.6 is 12.4 Å². The lowest BCUT2D eigenvalue weighted by Crippen LogP contribution is -2.47. The lowest BCUT2D eigenvalue weighted by Gasteiger charge is -2.20. The highest BCUT2D eigenvalue weighted by Crippen LogP contribution is 2.04. The van der Waals surface area contributed by atoms with Crippen molar-refractivity contribution in [3.8, 4) is 0 Å². The van der Waals surface area contributed by atoms with E-state index < -0.39 is 24.0 Å². The number of nitrogens with one attached hydrogen (secondary N) is 2. The lowest BCUT2D eigenvalue weighted by molar-refractivity contribution is -0.145. The summed E-state index contributed by atoms with van der Waals surface area (Å²) in [6, 6.07) is -1.09. The lowest BCUT2D eigenvalue weighted by atomic mass is 10.1. The Morgan fingerprint density at radius 1 is 1.19 bits per heavy atom. The molecular weight excluding hydrogens is 382 g/mol. The Balaban J connectivity index is 0.00000676. The predicted octanol–water partition coefficient (Wildman–Crippen LogP) is 0.0281. The van der Waals surface area contributed by atoms with Gasteiger partial charge in [-0.25, -0.2) is 9.78 Å². The number of rotatable bonds is 15. The first-order valence-electron chi connectivity index (χ1n) is 8.26. The van der Waals surface area contributed by atoms with Gasteiger partial charge in [0.1, 0.15) is 12.1 Å². The number of H-pyrrole nitrogens is 1. The van der Waals surface area contributed by atoms with E-state index in [0.717, 1.165) is 0 Å². The van der Waals surface area contributed by atoms with E-state index in [9.17, 15) is 14.7 Å². The fourth-order valence-electron chi connectivity index (χ4n) is 2.08. The quantitative estimate of drug-likeness (QED) is 0.345. The fourth-order valence-corrected chi connectivity index (χ4v) is 2.08. The SMILES string of the molecule is COCCOCCC(OCCOC)C(=O)NC(Cc1cnc[nH]1)C(=O)O.Cl. The van der Waals surface area contributed by atoms with Gasteiger partial charge >= 0.3 is 5.97 Å². The average Bonchev–Trinajstić information content (AvgIpc) is 3.12. The molecule has 0 bridgehead atoms. The Bertz CT molecular complexity index is 516. The fraction of sp³-hybridized carbons (Fsp3) is 0.688. The maximum atomic E-state index is 12.5. The number of hydrogen-bond donors (Lipinski definition) is 3. The number of aromatic amines is 1. The van der Waals surface area contributed by atoms with Gasteiger partial charge in [-0.05, 0) is 0 Å². The van der Waals surface area contributed by atoms with E-state index >= 15 is 0 Å². The molecule has 1 heterocycles. The Hall–Kier alpha value is -1.72. The van der Waals surface area contributed by atoms with E-state index in [-0.39, 0.29) is 38.5 Å². The number of nitrogens with zero attached hydrogens (tertiary/aromatic N) is 1. The van der Waals surface area contributed by atoms with E-state index in [1.807, 2.05) is 0 Å².